The van der Waals surface area contributed by atoms with Crippen molar-refractivity contribution < 1.29 is 24.2 Å². The first-order chi connectivity index (χ1) is 9.00. The van der Waals surface area contributed by atoms with Crippen molar-refractivity contribution in [2.24, 2.45) is 0 Å². The first-order valence-electron chi connectivity index (χ1n) is 6.07. The van der Waals surface area contributed by atoms with Gasteiger partial charge < -0.3 is 25.0 Å². The molecule has 0 aliphatic carbocycles. The van der Waals surface area contributed by atoms with Crippen LogP contribution < -0.4 is 5.32 Å². The second-order valence-electron chi connectivity index (χ2n) is 4.22. The molecule has 8 heteroatoms. The molecule has 0 unspecified atom stereocenters. The van der Waals surface area contributed by atoms with Crippen LogP contribution in [0, 0.1) is 0 Å². The summed E-state index contributed by atoms with van der Waals surface area (Å²) in [6.07, 6.45) is -0.124. The number of carboxylic acid groups (broad SMARTS) is 1. The van der Waals surface area contributed by atoms with Crippen LogP contribution in [0.2, 0.25) is 0 Å². The Kier molecular flexibility index (Phi) is 6.07. The lowest BCUT2D eigenvalue weighted by Gasteiger charge is -2.27. The Labute approximate surface area is 111 Å². The fourth-order valence-electron chi connectivity index (χ4n) is 1.58. The van der Waals surface area contributed by atoms with E-state index < -0.39 is 12.0 Å². The molecule has 0 saturated carbocycles. The van der Waals surface area contributed by atoms with Crippen molar-refractivity contribution >= 4 is 17.9 Å². The summed E-state index contributed by atoms with van der Waals surface area (Å²) < 4.78 is 5.12. The first kappa shape index (κ1) is 15.2. The zero-order chi connectivity index (χ0) is 14.3. The Hall–Kier alpha value is -1.83. The van der Waals surface area contributed by atoms with Gasteiger partial charge in [-0.05, 0) is 0 Å². The summed E-state index contributed by atoms with van der Waals surface area (Å²) in [5.41, 5.74) is 0. The highest BCUT2D eigenvalue weighted by Gasteiger charge is 2.18. The van der Waals surface area contributed by atoms with Crippen LogP contribution in [-0.4, -0.2) is 79.3 Å². The van der Waals surface area contributed by atoms with Gasteiger partial charge in [-0.25, -0.2) is 4.79 Å². The summed E-state index contributed by atoms with van der Waals surface area (Å²) >= 11 is 0. The molecule has 2 N–H and O–H groups in total. The summed E-state index contributed by atoms with van der Waals surface area (Å²) in [6, 6.07) is -0.456. The SMILES string of the molecule is CN(CCC(=O)O)C(=O)NCC(=O)N1CCOCC1. The maximum Gasteiger partial charge on any atom is 0.317 e. The molecule has 108 valence electrons. The van der Waals surface area contributed by atoms with Gasteiger partial charge in [-0.1, -0.05) is 0 Å². The lowest BCUT2D eigenvalue weighted by Crippen LogP contribution is -2.47. The van der Waals surface area contributed by atoms with Crippen molar-refractivity contribution in [1.29, 1.82) is 0 Å². The third-order valence-electron chi connectivity index (χ3n) is 2.76. The monoisotopic (exact) mass is 273 g/mol. The summed E-state index contributed by atoms with van der Waals surface area (Å²) in [7, 11) is 1.48. The number of carbonyl (C=O) groups is 3. The molecule has 19 heavy (non-hydrogen) atoms. The number of nitrogens with one attached hydrogen (secondary N) is 1. The second-order valence-corrected chi connectivity index (χ2v) is 4.22. The van der Waals surface area contributed by atoms with E-state index in [9.17, 15) is 14.4 Å². The van der Waals surface area contributed by atoms with Gasteiger partial charge in [0.25, 0.3) is 0 Å². The molecule has 0 radical (unpaired) electrons. The van der Waals surface area contributed by atoms with Gasteiger partial charge in [0.15, 0.2) is 0 Å². The van der Waals surface area contributed by atoms with Gasteiger partial charge in [0.2, 0.25) is 5.91 Å². The molecule has 1 fully saturated rings. The van der Waals surface area contributed by atoms with Crippen LogP contribution in [0.25, 0.3) is 0 Å². The van der Waals surface area contributed by atoms with E-state index in [1.54, 1.807) is 4.90 Å². The summed E-state index contributed by atoms with van der Waals surface area (Å²) in [4.78, 5) is 36.5. The number of morpholine rings is 1. The topological polar surface area (TPSA) is 99.2 Å². The van der Waals surface area contributed by atoms with E-state index in [-0.39, 0.29) is 25.4 Å². The number of ether oxygens (including phenoxy) is 1. The fourth-order valence-corrected chi connectivity index (χ4v) is 1.58. The molecule has 0 bridgehead atoms. The molecular weight excluding hydrogens is 254 g/mol. The molecule has 1 saturated heterocycles. The van der Waals surface area contributed by atoms with Gasteiger partial charge in [-0.3, -0.25) is 9.59 Å². The van der Waals surface area contributed by atoms with E-state index in [2.05, 4.69) is 5.32 Å². The van der Waals surface area contributed by atoms with Crippen LogP contribution >= 0.6 is 0 Å². The van der Waals surface area contributed by atoms with Crippen LogP contribution in [0.3, 0.4) is 0 Å². The van der Waals surface area contributed by atoms with Crippen molar-refractivity contribution in [3.63, 3.8) is 0 Å². The molecule has 1 aliphatic rings. The van der Waals surface area contributed by atoms with Crippen molar-refractivity contribution in [1.82, 2.24) is 15.1 Å². The lowest BCUT2D eigenvalue weighted by atomic mass is 10.4. The summed E-state index contributed by atoms with van der Waals surface area (Å²) in [5, 5.41) is 11.0. The van der Waals surface area contributed by atoms with Crippen LogP contribution in [0.15, 0.2) is 0 Å². The second kappa shape index (κ2) is 7.57. The van der Waals surface area contributed by atoms with Crippen LogP contribution in [0.5, 0.6) is 0 Å². The third-order valence-corrected chi connectivity index (χ3v) is 2.76. The van der Waals surface area contributed by atoms with Gasteiger partial charge >= 0.3 is 12.0 Å². The van der Waals surface area contributed by atoms with Gasteiger partial charge in [0, 0.05) is 26.7 Å². The predicted octanol–water partition coefficient (Wildman–Crippen LogP) is -1.04. The van der Waals surface area contributed by atoms with Gasteiger partial charge in [-0.2, -0.15) is 0 Å². The van der Waals surface area contributed by atoms with E-state index in [0.29, 0.717) is 26.3 Å². The summed E-state index contributed by atoms with van der Waals surface area (Å²) in [6.45, 7) is 2.10. The number of rotatable bonds is 5. The number of hydrogen-bond acceptors (Lipinski definition) is 4. The summed E-state index contributed by atoms with van der Waals surface area (Å²) in [5.74, 6) is -1.13. The number of carbonyl (C=O) groups excluding carboxylic acids is 2. The molecule has 0 aromatic carbocycles. The maximum atomic E-state index is 11.7. The zero-order valence-corrected chi connectivity index (χ0v) is 10.9. The molecule has 1 rings (SSSR count). The van der Waals surface area contributed by atoms with Crippen LogP contribution in [0.1, 0.15) is 6.42 Å². The zero-order valence-electron chi connectivity index (χ0n) is 10.9. The number of aliphatic carboxylic acids is 1. The van der Waals surface area contributed by atoms with Crippen LogP contribution in [-0.2, 0) is 14.3 Å². The molecule has 8 nitrogen and oxygen atoms in total. The highest BCUT2D eigenvalue weighted by molar-refractivity contribution is 5.84. The van der Waals surface area contributed by atoms with E-state index in [4.69, 9.17) is 9.84 Å². The third kappa shape index (κ3) is 5.56. The number of urea groups is 1. The Morgan fingerprint density at radius 2 is 1.95 bits per heavy atom. The van der Waals surface area contributed by atoms with E-state index in [1.165, 1.54) is 11.9 Å². The molecule has 0 aromatic rings. The molecule has 1 heterocycles. The first-order valence-corrected chi connectivity index (χ1v) is 6.07. The smallest absolute Gasteiger partial charge is 0.317 e. The maximum absolute atomic E-state index is 11.7. The number of nitrogens with zero attached hydrogens (tertiary/aromatic N) is 2. The molecule has 0 aromatic heterocycles. The van der Waals surface area contributed by atoms with E-state index >= 15 is 0 Å². The quantitative estimate of drug-likeness (QED) is 0.666. The Bertz CT molecular complexity index is 341. The average Bonchev–Trinajstić information content (AvgIpc) is 2.42. The van der Waals surface area contributed by atoms with Crippen molar-refractivity contribution in [2.45, 2.75) is 6.42 Å². The Morgan fingerprint density at radius 3 is 2.53 bits per heavy atom. The predicted molar refractivity (Wildman–Crippen MR) is 65.7 cm³/mol. The fraction of sp³-hybridized carbons (Fsp3) is 0.727. The largest absolute Gasteiger partial charge is 0.481 e. The number of amides is 3. The molecule has 1 aliphatic heterocycles. The van der Waals surface area contributed by atoms with Crippen molar-refractivity contribution in [2.75, 3.05) is 46.4 Å². The van der Waals surface area contributed by atoms with Gasteiger partial charge in [-0.15, -0.1) is 0 Å². The number of hydrogen-bond donors (Lipinski definition) is 2. The minimum Gasteiger partial charge on any atom is -0.481 e. The minimum absolute atomic E-state index is 0.0871. The van der Waals surface area contributed by atoms with Crippen LogP contribution in [0.4, 0.5) is 4.79 Å². The molecule has 3 amide bonds. The molecular formula is C11H19N3O5. The molecule has 0 atom stereocenters. The van der Waals surface area contributed by atoms with E-state index in [1.807, 2.05) is 0 Å². The average molecular weight is 273 g/mol. The van der Waals surface area contributed by atoms with E-state index in [0.717, 1.165) is 0 Å². The standard InChI is InChI=1S/C11H19N3O5/c1-13(3-2-10(16)17)11(18)12-8-9(15)14-4-6-19-7-5-14/h2-8H2,1H3,(H,12,18)(H,16,17). The van der Waals surface area contributed by atoms with Crippen molar-refractivity contribution in [3.05, 3.63) is 0 Å². The molecule has 0 spiro atoms. The van der Waals surface area contributed by atoms with Gasteiger partial charge in [0.05, 0.1) is 26.2 Å². The van der Waals surface area contributed by atoms with Crippen molar-refractivity contribution in [3.8, 4) is 0 Å². The Balaban J connectivity index is 2.24. The number of carboxylic acids is 1. The Morgan fingerprint density at radius 1 is 1.32 bits per heavy atom. The highest BCUT2D eigenvalue weighted by Crippen LogP contribution is 1.97. The van der Waals surface area contributed by atoms with Gasteiger partial charge in [0.1, 0.15) is 0 Å². The highest BCUT2D eigenvalue weighted by atomic mass is 16.5. The minimum atomic E-state index is -0.968. The normalized spacial score (nSPS) is 14.9. The lowest BCUT2D eigenvalue weighted by molar-refractivity contribution is -0.137.